The average Bonchev–Trinajstić information content (AvgIpc) is 3.20. The summed E-state index contributed by atoms with van der Waals surface area (Å²) in [5.74, 6) is 1.53. The lowest BCUT2D eigenvalue weighted by molar-refractivity contribution is 0.102. The van der Waals surface area contributed by atoms with Gasteiger partial charge in [0.2, 0.25) is 6.79 Å². The van der Waals surface area contributed by atoms with Crippen molar-refractivity contribution >= 4 is 28.7 Å². The van der Waals surface area contributed by atoms with Crippen LogP contribution in [0.25, 0.3) is 11.2 Å². The fourth-order valence-electron chi connectivity index (χ4n) is 2.14. The Morgan fingerprint density at radius 3 is 3.09 bits per heavy atom. The van der Waals surface area contributed by atoms with Gasteiger partial charge in [0.25, 0.3) is 0 Å². The molecule has 1 aliphatic heterocycles. The molecular formula is C14H10N4O3S. The van der Waals surface area contributed by atoms with Crippen molar-refractivity contribution in [2.75, 3.05) is 12.5 Å². The third-order valence-electron chi connectivity index (χ3n) is 3.22. The second-order valence-electron chi connectivity index (χ2n) is 4.56. The van der Waals surface area contributed by atoms with Crippen LogP contribution in [-0.4, -0.2) is 38.3 Å². The van der Waals surface area contributed by atoms with E-state index < -0.39 is 0 Å². The van der Waals surface area contributed by atoms with Crippen LogP contribution in [0, 0.1) is 0 Å². The summed E-state index contributed by atoms with van der Waals surface area (Å²) < 4.78 is 10.5. The maximum atomic E-state index is 12.3. The third-order valence-corrected chi connectivity index (χ3v) is 4.21. The van der Waals surface area contributed by atoms with Crippen LogP contribution in [0.3, 0.4) is 0 Å². The molecule has 1 aliphatic rings. The van der Waals surface area contributed by atoms with Crippen LogP contribution < -0.4 is 9.47 Å². The van der Waals surface area contributed by atoms with Crippen LogP contribution in [0.15, 0.2) is 35.9 Å². The highest BCUT2D eigenvalue weighted by molar-refractivity contribution is 8.00. The number of fused-ring (bicyclic) bond motifs is 2. The van der Waals surface area contributed by atoms with Gasteiger partial charge < -0.3 is 14.5 Å². The maximum absolute atomic E-state index is 12.3. The first kappa shape index (κ1) is 13.1. The highest BCUT2D eigenvalue weighted by Crippen LogP contribution is 2.33. The second-order valence-corrected chi connectivity index (χ2v) is 5.52. The summed E-state index contributed by atoms with van der Waals surface area (Å²) in [5, 5.41) is 0.705. The van der Waals surface area contributed by atoms with Crippen LogP contribution in [0.2, 0.25) is 0 Å². The number of hydrogen-bond donors (Lipinski definition) is 1. The molecule has 0 radical (unpaired) electrons. The van der Waals surface area contributed by atoms with Gasteiger partial charge in [0.1, 0.15) is 16.9 Å². The SMILES string of the molecule is O=C(CSc1ncnc2nc[nH]c12)c1ccc2c(c1)OCO2. The first-order valence-electron chi connectivity index (χ1n) is 6.51. The molecule has 0 spiro atoms. The number of Topliss-reactive ketones (excluding diaryl/α,β-unsaturated/α-hetero) is 1. The molecule has 7 nitrogen and oxygen atoms in total. The summed E-state index contributed by atoms with van der Waals surface area (Å²) in [6, 6.07) is 5.19. The number of imidazole rings is 1. The van der Waals surface area contributed by atoms with E-state index in [2.05, 4.69) is 19.9 Å². The van der Waals surface area contributed by atoms with Gasteiger partial charge in [-0.05, 0) is 18.2 Å². The van der Waals surface area contributed by atoms with Gasteiger partial charge in [0.15, 0.2) is 22.9 Å². The Labute approximate surface area is 129 Å². The average molecular weight is 314 g/mol. The van der Waals surface area contributed by atoms with Crippen molar-refractivity contribution in [3.63, 3.8) is 0 Å². The van der Waals surface area contributed by atoms with E-state index in [1.54, 1.807) is 24.5 Å². The molecule has 1 aromatic carbocycles. The van der Waals surface area contributed by atoms with Gasteiger partial charge in [-0.1, -0.05) is 11.8 Å². The van der Waals surface area contributed by atoms with Gasteiger partial charge in [0.05, 0.1) is 12.1 Å². The maximum Gasteiger partial charge on any atom is 0.231 e. The number of aromatic amines is 1. The molecule has 110 valence electrons. The molecule has 2 aromatic heterocycles. The lowest BCUT2D eigenvalue weighted by atomic mass is 10.1. The number of ether oxygens (including phenoxy) is 2. The smallest absolute Gasteiger partial charge is 0.231 e. The van der Waals surface area contributed by atoms with Crippen molar-refractivity contribution in [2.24, 2.45) is 0 Å². The number of rotatable bonds is 4. The van der Waals surface area contributed by atoms with Gasteiger partial charge in [-0.15, -0.1) is 0 Å². The van der Waals surface area contributed by atoms with Crippen molar-refractivity contribution in [3.05, 3.63) is 36.4 Å². The Morgan fingerprint density at radius 1 is 1.23 bits per heavy atom. The minimum Gasteiger partial charge on any atom is -0.454 e. The number of ketones is 1. The number of carbonyl (C=O) groups excluding carboxylic acids is 1. The van der Waals surface area contributed by atoms with Crippen molar-refractivity contribution in [3.8, 4) is 11.5 Å². The monoisotopic (exact) mass is 314 g/mol. The molecule has 0 saturated carbocycles. The molecule has 0 fully saturated rings. The lowest BCUT2D eigenvalue weighted by Gasteiger charge is -2.03. The molecule has 3 heterocycles. The number of carbonyl (C=O) groups is 1. The fraction of sp³-hybridized carbons (Fsp3) is 0.143. The Morgan fingerprint density at radius 2 is 2.14 bits per heavy atom. The van der Waals surface area contributed by atoms with Gasteiger partial charge >= 0.3 is 0 Å². The third kappa shape index (κ3) is 2.27. The van der Waals surface area contributed by atoms with Gasteiger partial charge in [-0.3, -0.25) is 4.79 Å². The van der Waals surface area contributed by atoms with Gasteiger partial charge in [-0.2, -0.15) is 0 Å². The first-order valence-corrected chi connectivity index (χ1v) is 7.49. The zero-order chi connectivity index (χ0) is 14.9. The van der Waals surface area contributed by atoms with E-state index in [-0.39, 0.29) is 18.3 Å². The Bertz CT molecular complexity index is 864. The molecule has 8 heteroatoms. The summed E-state index contributed by atoms with van der Waals surface area (Å²) in [6.45, 7) is 0.195. The highest BCUT2D eigenvalue weighted by Gasteiger charge is 2.17. The van der Waals surface area contributed by atoms with E-state index in [0.29, 0.717) is 27.7 Å². The zero-order valence-electron chi connectivity index (χ0n) is 11.3. The number of aromatic nitrogens is 4. The first-order chi connectivity index (χ1) is 10.8. The fourth-order valence-corrected chi connectivity index (χ4v) is 2.99. The van der Waals surface area contributed by atoms with Crippen molar-refractivity contribution in [1.29, 1.82) is 0 Å². The van der Waals surface area contributed by atoms with Crippen molar-refractivity contribution < 1.29 is 14.3 Å². The number of benzene rings is 1. The number of nitrogens with one attached hydrogen (secondary N) is 1. The molecule has 1 N–H and O–H groups in total. The van der Waals surface area contributed by atoms with Gasteiger partial charge in [-0.25, -0.2) is 15.0 Å². The summed E-state index contributed by atoms with van der Waals surface area (Å²) >= 11 is 1.35. The van der Waals surface area contributed by atoms with E-state index in [0.717, 1.165) is 5.52 Å². The number of thioether (sulfide) groups is 1. The summed E-state index contributed by atoms with van der Waals surface area (Å²) in [6.07, 6.45) is 3.00. The zero-order valence-corrected chi connectivity index (χ0v) is 12.1. The molecule has 0 saturated heterocycles. The quantitative estimate of drug-likeness (QED) is 0.448. The van der Waals surface area contributed by atoms with E-state index in [1.165, 1.54) is 18.1 Å². The molecule has 0 bridgehead atoms. The molecule has 0 unspecified atom stereocenters. The van der Waals surface area contributed by atoms with Crippen molar-refractivity contribution in [2.45, 2.75) is 5.03 Å². The van der Waals surface area contributed by atoms with Crippen LogP contribution in [0.4, 0.5) is 0 Å². The Balaban J connectivity index is 1.52. The molecule has 0 amide bonds. The highest BCUT2D eigenvalue weighted by atomic mass is 32.2. The standard InChI is InChI=1S/C14H10N4O3S/c19-9(8-1-2-10-11(3-8)21-7-20-10)4-22-14-12-13(16-5-15-12)17-6-18-14/h1-3,5-6H,4,7H2,(H,15,16,17,18). The molecule has 4 rings (SSSR count). The Hall–Kier alpha value is -2.61. The van der Waals surface area contributed by atoms with Crippen molar-refractivity contribution in [1.82, 2.24) is 19.9 Å². The predicted molar refractivity (Wildman–Crippen MR) is 79.3 cm³/mol. The van der Waals surface area contributed by atoms with E-state index in [9.17, 15) is 4.79 Å². The van der Waals surface area contributed by atoms with Crippen LogP contribution in [0.5, 0.6) is 11.5 Å². The molecule has 0 atom stereocenters. The molecule has 0 aliphatic carbocycles. The van der Waals surface area contributed by atoms with E-state index in [4.69, 9.17) is 9.47 Å². The minimum atomic E-state index is -0.00502. The summed E-state index contributed by atoms with van der Waals surface area (Å²) in [4.78, 5) is 27.6. The van der Waals surface area contributed by atoms with E-state index >= 15 is 0 Å². The molecular weight excluding hydrogens is 304 g/mol. The second kappa shape index (κ2) is 5.30. The number of hydrogen-bond acceptors (Lipinski definition) is 7. The lowest BCUT2D eigenvalue weighted by Crippen LogP contribution is -2.03. The molecule has 3 aromatic rings. The van der Waals surface area contributed by atoms with Crippen LogP contribution in [-0.2, 0) is 0 Å². The summed E-state index contributed by atoms with van der Waals surface area (Å²) in [7, 11) is 0. The predicted octanol–water partition coefficient (Wildman–Crippen LogP) is 2.06. The number of nitrogens with zero attached hydrogens (tertiary/aromatic N) is 3. The minimum absolute atomic E-state index is 0.00502. The van der Waals surface area contributed by atoms with E-state index in [1.807, 2.05) is 0 Å². The van der Waals surface area contributed by atoms with Crippen LogP contribution in [0.1, 0.15) is 10.4 Å². The largest absolute Gasteiger partial charge is 0.454 e. The van der Waals surface area contributed by atoms with Crippen LogP contribution >= 0.6 is 11.8 Å². The Kier molecular flexibility index (Phi) is 3.15. The topological polar surface area (TPSA) is 90.0 Å². The van der Waals surface area contributed by atoms with Gasteiger partial charge in [0, 0.05) is 5.56 Å². The normalized spacial score (nSPS) is 12.7. The number of H-pyrrole nitrogens is 1. The molecule has 22 heavy (non-hydrogen) atoms. The summed E-state index contributed by atoms with van der Waals surface area (Å²) in [5.41, 5.74) is 1.92.